The number of hydrogen-bond donors (Lipinski definition) is 1. The van der Waals surface area contributed by atoms with Crippen LogP contribution < -0.4 is 10.2 Å². The zero-order valence-corrected chi connectivity index (χ0v) is 15.7. The van der Waals surface area contributed by atoms with E-state index in [9.17, 15) is 9.59 Å². The lowest BCUT2D eigenvalue weighted by Gasteiger charge is -2.18. The molecule has 1 aromatic carbocycles. The van der Waals surface area contributed by atoms with Crippen molar-refractivity contribution in [1.29, 1.82) is 0 Å². The summed E-state index contributed by atoms with van der Waals surface area (Å²) in [6.45, 7) is 4.43. The molecule has 1 unspecified atom stereocenters. The minimum atomic E-state index is -0.154. The third-order valence-corrected chi connectivity index (χ3v) is 5.64. The lowest BCUT2D eigenvalue weighted by atomic mass is 10.2. The van der Waals surface area contributed by atoms with Crippen LogP contribution in [0.2, 0.25) is 4.34 Å². The van der Waals surface area contributed by atoms with Crippen LogP contribution in [0.4, 0.5) is 11.4 Å². The van der Waals surface area contributed by atoms with E-state index in [-0.39, 0.29) is 24.5 Å². The van der Waals surface area contributed by atoms with Crippen LogP contribution >= 0.6 is 22.9 Å². The maximum Gasteiger partial charge on any atom is 0.224 e. The number of amides is 1. The molecular formula is C19H21ClN2O2S. The summed E-state index contributed by atoms with van der Waals surface area (Å²) >= 11 is 7.07. The fourth-order valence-electron chi connectivity index (χ4n) is 2.96. The summed E-state index contributed by atoms with van der Waals surface area (Å²) in [6, 6.07) is 11.3. The van der Waals surface area contributed by atoms with Gasteiger partial charge in [-0.25, -0.2) is 0 Å². The molecule has 1 fully saturated rings. The molecule has 2 heterocycles. The number of carbonyl (C=O) groups is 2. The van der Waals surface area contributed by atoms with Crippen molar-refractivity contribution in [3.05, 3.63) is 45.6 Å². The highest BCUT2D eigenvalue weighted by Crippen LogP contribution is 2.25. The molecule has 1 aliphatic rings. The Hall–Kier alpha value is -1.85. The number of nitrogens with one attached hydrogen (secondary N) is 1. The van der Waals surface area contributed by atoms with E-state index in [1.807, 2.05) is 24.3 Å². The normalized spacial score (nSPS) is 16.9. The van der Waals surface area contributed by atoms with Crippen molar-refractivity contribution in [2.45, 2.75) is 26.2 Å². The first kappa shape index (κ1) is 18.0. The van der Waals surface area contributed by atoms with Gasteiger partial charge in [-0.3, -0.25) is 9.59 Å². The molecule has 0 bridgehead atoms. The molecule has 0 spiro atoms. The molecule has 0 aliphatic carbocycles. The van der Waals surface area contributed by atoms with E-state index in [0.29, 0.717) is 9.21 Å². The van der Waals surface area contributed by atoms with E-state index in [0.717, 1.165) is 24.7 Å². The molecule has 0 saturated carbocycles. The highest BCUT2D eigenvalue weighted by Gasteiger charge is 2.18. The molecule has 1 aliphatic heterocycles. The number of ketones is 1. The Balaban J connectivity index is 1.48. The van der Waals surface area contributed by atoms with Gasteiger partial charge in [0.2, 0.25) is 5.91 Å². The number of carbonyl (C=O) groups excluding carboxylic acids is 2. The highest BCUT2D eigenvalue weighted by atomic mass is 35.5. The SMILES string of the molecule is CC1CCN(c2ccc(NC(=O)CCC(=O)c3ccc(Cl)s3)cc2)C1. The van der Waals surface area contributed by atoms with Gasteiger partial charge < -0.3 is 10.2 Å². The van der Waals surface area contributed by atoms with E-state index in [2.05, 4.69) is 17.1 Å². The first-order valence-electron chi connectivity index (χ1n) is 8.44. The number of thiophene rings is 1. The summed E-state index contributed by atoms with van der Waals surface area (Å²) in [5.41, 5.74) is 1.94. The standard InChI is InChI=1S/C19H21ClN2O2S/c1-13-10-11-22(12-13)15-4-2-14(3-5-15)21-19(24)9-6-16(23)17-7-8-18(20)25-17/h2-5,7-8,13H,6,9-12H2,1H3,(H,21,24). The summed E-state index contributed by atoms with van der Waals surface area (Å²) in [7, 11) is 0. The summed E-state index contributed by atoms with van der Waals surface area (Å²) in [5.74, 6) is 0.527. The smallest absolute Gasteiger partial charge is 0.224 e. The maximum absolute atomic E-state index is 12.0. The predicted molar refractivity (Wildman–Crippen MR) is 104 cm³/mol. The third-order valence-electron chi connectivity index (χ3n) is 4.37. The van der Waals surface area contributed by atoms with Crippen molar-refractivity contribution in [2.24, 2.45) is 5.92 Å². The van der Waals surface area contributed by atoms with E-state index in [4.69, 9.17) is 11.6 Å². The van der Waals surface area contributed by atoms with Crippen LogP contribution in [0.1, 0.15) is 35.9 Å². The molecule has 1 N–H and O–H groups in total. The molecule has 25 heavy (non-hydrogen) atoms. The van der Waals surface area contributed by atoms with E-state index in [1.54, 1.807) is 12.1 Å². The van der Waals surface area contributed by atoms with Crippen molar-refractivity contribution in [3.8, 4) is 0 Å². The fraction of sp³-hybridized carbons (Fsp3) is 0.368. The topological polar surface area (TPSA) is 49.4 Å². The molecule has 1 aromatic heterocycles. The Bertz CT molecular complexity index is 757. The van der Waals surface area contributed by atoms with Gasteiger partial charge in [0.05, 0.1) is 9.21 Å². The van der Waals surface area contributed by atoms with E-state index in [1.165, 1.54) is 23.4 Å². The van der Waals surface area contributed by atoms with Crippen LogP contribution in [0.15, 0.2) is 36.4 Å². The number of Topliss-reactive ketones (excluding diaryl/α,β-unsaturated/α-hetero) is 1. The Kier molecular flexibility index (Phi) is 5.76. The molecular weight excluding hydrogens is 356 g/mol. The average Bonchev–Trinajstić information content (AvgIpc) is 3.22. The summed E-state index contributed by atoms with van der Waals surface area (Å²) in [6.07, 6.45) is 1.58. The number of nitrogens with zero attached hydrogens (tertiary/aromatic N) is 1. The number of halogens is 1. The fourth-order valence-corrected chi connectivity index (χ4v) is 3.97. The van der Waals surface area contributed by atoms with Gasteiger partial charge in [0, 0.05) is 37.3 Å². The molecule has 6 heteroatoms. The first-order valence-corrected chi connectivity index (χ1v) is 9.64. The second-order valence-electron chi connectivity index (χ2n) is 6.46. The Morgan fingerprint density at radius 2 is 1.96 bits per heavy atom. The second-order valence-corrected chi connectivity index (χ2v) is 8.18. The van der Waals surface area contributed by atoms with Crippen molar-refractivity contribution >= 4 is 46.0 Å². The van der Waals surface area contributed by atoms with E-state index < -0.39 is 0 Å². The Labute approximate surface area is 156 Å². The summed E-state index contributed by atoms with van der Waals surface area (Å²) < 4.78 is 0.584. The quantitative estimate of drug-likeness (QED) is 0.733. The molecule has 4 nitrogen and oxygen atoms in total. The van der Waals surface area contributed by atoms with Crippen molar-refractivity contribution in [1.82, 2.24) is 0 Å². The molecule has 0 radical (unpaired) electrons. The average molecular weight is 377 g/mol. The van der Waals surface area contributed by atoms with Crippen LogP contribution in [-0.4, -0.2) is 24.8 Å². The molecule has 2 aromatic rings. The molecule has 1 atom stereocenters. The Morgan fingerprint density at radius 3 is 2.56 bits per heavy atom. The van der Waals surface area contributed by atoms with Crippen LogP contribution in [-0.2, 0) is 4.79 Å². The van der Waals surface area contributed by atoms with Crippen molar-refractivity contribution in [2.75, 3.05) is 23.3 Å². The van der Waals surface area contributed by atoms with Crippen LogP contribution in [0.25, 0.3) is 0 Å². The summed E-state index contributed by atoms with van der Waals surface area (Å²) in [4.78, 5) is 27.0. The van der Waals surface area contributed by atoms with E-state index >= 15 is 0 Å². The van der Waals surface area contributed by atoms with Gasteiger partial charge in [-0.05, 0) is 48.7 Å². The predicted octanol–water partition coefficient (Wildman–Crippen LogP) is 4.85. The first-order chi connectivity index (χ1) is 12.0. The summed E-state index contributed by atoms with van der Waals surface area (Å²) in [5, 5.41) is 2.85. The lowest BCUT2D eigenvalue weighted by Crippen LogP contribution is -2.19. The number of hydrogen-bond acceptors (Lipinski definition) is 4. The van der Waals surface area contributed by atoms with Crippen LogP contribution in [0.3, 0.4) is 0 Å². The van der Waals surface area contributed by atoms with Crippen molar-refractivity contribution in [3.63, 3.8) is 0 Å². The lowest BCUT2D eigenvalue weighted by molar-refractivity contribution is -0.116. The van der Waals surface area contributed by atoms with Gasteiger partial charge in [0.15, 0.2) is 5.78 Å². The largest absolute Gasteiger partial charge is 0.371 e. The minimum Gasteiger partial charge on any atom is -0.371 e. The number of anilines is 2. The zero-order valence-electron chi connectivity index (χ0n) is 14.1. The van der Waals surface area contributed by atoms with Gasteiger partial charge in [-0.15, -0.1) is 11.3 Å². The maximum atomic E-state index is 12.0. The number of benzene rings is 1. The monoisotopic (exact) mass is 376 g/mol. The van der Waals surface area contributed by atoms with Gasteiger partial charge >= 0.3 is 0 Å². The molecule has 132 valence electrons. The minimum absolute atomic E-state index is 0.0504. The highest BCUT2D eigenvalue weighted by molar-refractivity contribution is 7.18. The molecule has 1 saturated heterocycles. The van der Waals surface area contributed by atoms with Gasteiger partial charge in [-0.1, -0.05) is 18.5 Å². The van der Waals surface area contributed by atoms with Crippen LogP contribution in [0, 0.1) is 5.92 Å². The van der Waals surface area contributed by atoms with Gasteiger partial charge in [0.25, 0.3) is 0 Å². The number of rotatable bonds is 6. The zero-order chi connectivity index (χ0) is 17.8. The van der Waals surface area contributed by atoms with Gasteiger partial charge in [0.1, 0.15) is 0 Å². The third kappa shape index (κ3) is 4.83. The molecule has 3 rings (SSSR count). The van der Waals surface area contributed by atoms with Crippen LogP contribution in [0.5, 0.6) is 0 Å². The second kappa shape index (κ2) is 8.02. The Morgan fingerprint density at radius 1 is 1.20 bits per heavy atom. The van der Waals surface area contributed by atoms with Crippen molar-refractivity contribution < 1.29 is 9.59 Å². The molecule has 1 amide bonds. The van der Waals surface area contributed by atoms with Gasteiger partial charge in [-0.2, -0.15) is 0 Å².